The molecule has 0 aliphatic rings. The summed E-state index contributed by atoms with van der Waals surface area (Å²) >= 11 is 0. The van der Waals surface area contributed by atoms with Crippen molar-refractivity contribution in [1.29, 1.82) is 0 Å². The second-order valence-electron chi connectivity index (χ2n) is 4.51. The van der Waals surface area contributed by atoms with Crippen LogP contribution in [0.4, 0.5) is 0 Å². The van der Waals surface area contributed by atoms with E-state index in [0.717, 1.165) is 18.7 Å². The van der Waals surface area contributed by atoms with Crippen molar-refractivity contribution < 1.29 is 4.57 Å². The van der Waals surface area contributed by atoms with Gasteiger partial charge in [-0.3, -0.25) is 0 Å². The largest absolute Gasteiger partial charge is 0.324 e. The normalized spacial score (nSPS) is 15.4. The smallest absolute Gasteiger partial charge is 0.0848 e. The molecule has 1 atom stereocenters. The molecule has 0 aliphatic heterocycles. The zero-order valence-corrected chi connectivity index (χ0v) is 11.1. The number of hydrogen-bond acceptors (Lipinski definition) is 1. The van der Waals surface area contributed by atoms with Gasteiger partial charge in [0, 0.05) is 12.3 Å². The highest BCUT2D eigenvalue weighted by Crippen LogP contribution is 2.42. The SMILES string of the molecule is CCCCCCCP(C)(=O)CCCC. The first kappa shape index (κ1) is 14.2. The fourth-order valence-electron chi connectivity index (χ4n) is 1.65. The van der Waals surface area contributed by atoms with E-state index in [4.69, 9.17) is 0 Å². The van der Waals surface area contributed by atoms with Crippen LogP contribution in [-0.4, -0.2) is 19.0 Å². The molecular weight excluding hydrogens is 191 g/mol. The zero-order valence-electron chi connectivity index (χ0n) is 10.2. The molecule has 0 aromatic rings. The maximum atomic E-state index is 12.0. The van der Waals surface area contributed by atoms with Crippen LogP contribution in [0, 0.1) is 0 Å². The molecule has 86 valence electrons. The van der Waals surface area contributed by atoms with E-state index in [1.54, 1.807) is 0 Å². The van der Waals surface area contributed by atoms with Crippen molar-refractivity contribution in [1.82, 2.24) is 0 Å². The first-order chi connectivity index (χ1) is 6.62. The Hall–Kier alpha value is 0.230. The van der Waals surface area contributed by atoms with E-state index in [1.165, 1.54) is 38.5 Å². The second-order valence-corrected chi connectivity index (χ2v) is 8.00. The van der Waals surface area contributed by atoms with Gasteiger partial charge in [-0.1, -0.05) is 46.0 Å². The average molecular weight is 218 g/mol. The lowest BCUT2D eigenvalue weighted by atomic mass is 10.2. The predicted molar refractivity (Wildman–Crippen MR) is 66.9 cm³/mol. The van der Waals surface area contributed by atoms with Crippen LogP contribution in [0.1, 0.15) is 58.8 Å². The second kappa shape index (κ2) is 8.53. The molecule has 14 heavy (non-hydrogen) atoms. The van der Waals surface area contributed by atoms with E-state index < -0.39 is 7.14 Å². The molecule has 1 nitrogen and oxygen atoms in total. The van der Waals surface area contributed by atoms with Crippen molar-refractivity contribution in [3.63, 3.8) is 0 Å². The molecule has 0 N–H and O–H groups in total. The third-order valence-corrected chi connectivity index (χ3v) is 5.24. The lowest BCUT2D eigenvalue weighted by Gasteiger charge is -2.11. The Kier molecular flexibility index (Phi) is 8.67. The van der Waals surface area contributed by atoms with Crippen LogP contribution in [0.3, 0.4) is 0 Å². The van der Waals surface area contributed by atoms with Crippen LogP contribution in [0.25, 0.3) is 0 Å². The molecule has 0 saturated carbocycles. The molecule has 0 radical (unpaired) electrons. The highest BCUT2D eigenvalue weighted by Gasteiger charge is 2.12. The summed E-state index contributed by atoms with van der Waals surface area (Å²) in [6.45, 7) is 6.38. The Morgan fingerprint density at radius 3 is 1.86 bits per heavy atom. The molecule has 0 bridgehead atoms. The number of rotatable bonds is 9. The Morgan fingerprint density at radius 2 is 1.29 bits per heavy atom. The molecular formula is C12H27OP. The van der Waals surface area contributed by atoms with Gasteiger partial charge in [0.1, 0.15) is 0 Å². The minimum Gasteiger partial charge on any atom is -0.324 e. The number of unbranched alkanes of at least 4 members (excludes halogenated alkanes) is 5. The molecule has 2 heteroatoms. The molecule has 0 amide bonds. The van der Waals surface area contributed by atoms with Crippen molar-refractivity contribution >= 4 is 7.14 Å². The maximum absolute atomic E-state index is 12.0. The highest BCUT2D eigenvalue weighted by atomic mass is 31.2. The number of hydrogen-bond donors (Lipinski definition) is 0. The molecule has 0 heterocycles. The Bertz CT molecular complexity index is 166. The predicted octanol–water partition coefficient (Wildman–Crippen LogP) is 4.75. The summed E-state index contributed by atoms with van der Waals surface area (Å²) < 4.78 is 12.0. The van der Waals surface area contributed by atoms with Crippen LogP contribution in [-0.2, 0) is 4.57 Å². The summed E-state index contributed by atoms with van der Waals surface area (Å²) in [5, 5.41) is 0. The molecule has 0 fully saturated rings. The Labute approximate surface area is 90.0 Å². The summed E-state index contributed by atoms with van der Waals surface area (Å²) in [6.07, 6.45) is 10.7. The van der Waals surface area contributed by atoms with Gasteiger partial charge in [-0.2, -0.15) is 0 Å². The van der Waals surface area contributed by atoms with Gasteiger partial charge < -0.3 is 4.57 Å². The van der Waals surface area contributed by atoms with Gasteiger partial charge in [0.25, 0.3) is 0 Å². The van der Waals surface area contributed by atoms with E-state index in [1.807, 2.05) is 6.66 Å². The van der Waals surface area contributed by atoms with Crippen LogP contribution in [0.2, 0.25) is 0 Å². The molecule has 0 saturated heterocycles. The van der Waals surface area contributed by atoms with Crippen molar-refractivity contribution in [2.24, 2.45) is 0 Å². The summed E-state index contributed by atoms with van der Waals surface area (Å²) in [5.41, 5.74) is 0. The summed E-state index contributed by atoms with van der Waals surface area (Å²) in [6, 6.07) is 0. The van der Waals surface area contributed by atoms with Gasteiger partial charge >= 0.3 is 0 Å². The molecule has 0 aromatic carbocycles. The fraction of sp³-hybridized carbons (Fsp3) is 1.00. The van der Waals surface area contributed by atoms with Crippen molar-refractivity contribution in [2.75, 3.05) is 19.0 Å². The van der Waals surface area contributed by atoms with E-state index in [0.29, 0.717) is 0 Å². The molecule has 0 rings (SSSR count). The monoisotopic (exact) mass is 218 g/mol. The molecule has 0 aliphatic carbocycles. The molecule has 0 aromatic heterocycles. The summed E-state index contributed by atoms with van der Waals surface area (Å²) in [7, 11) is -1.76. The zero-order chi connectivity index (χ0) is 10.9. The van der Waals surface area contributed by atoms with E-state index >= 15 is 0 Å². The highest BCUT2D eigenvalue weighted by molar-refractivity contribution is 7.63. The van der Waals surface area contributed by atoms with Gasteiger partial charge in [0.05, 0.1) is 7.14 Å². The third-order valence-electron chi connectivity index (χ3n) is 2.72. The lowest BCUT2D eigenvalue weighted by molar-refractivity contribution is 0.571. The van der Waals surface area contributed by atoms with E-state index in [-0.39, 0.29) is 0 Å². The van der Waals surface area contributed by atoms with Gasteiger partial charge in [0.2, 0.25) is 0 Å². The van der Waals surface area contributed by atoms with Crippen molar-refractivity contribution in [3.05, 3.63) is 0 Å². The van der Waals surface area contributed by atoms with Crippen LogP contribution < -0.4 is 0 Å². The Morgan fingerprint density at radius 1 is 0.786 bits per heavy atom. The van der Waals surface area contributed by atoms with Gasteiger partial charge in [-0.25, -0.2) is 0 Å². The van der Waals surface area contributed by atoms with Crippen LogP contribution in [0.5, 0.6) is 0 Å². The fourth-order valence-corrected chi connectivity index (χ4v) is 3.76. The topological polar surface area (TPSA) is 17.1 Å². The summed E-state index contributed by atoms with van der Waals surface area (Å²) in [5.74, 6) is 0. The summed E-state index contributed by atoms with van der Waals surface area (Å²) in [4.78, 5) is 0. The standard InChI is InChI=1S/C12H27OP/c1-4-6-8-9-10-12-14(3,13)11-7-5-2/h4-12H2,1-3H3. The third kappa shape index (κ3) is 8.81. The Balaban J connectivity index is 3.40. The quantitative estimate of drug-likeness (QED) is 0.403. The average Bonchev–Trinajstić information content (AvgIpc) is 2.15. The van der Waals surface area contributed by atoms with Crippen molar-refractivity contribution in [3.8, 4) is 0 Å². The van der Waals surface area contributed by atoms with Crippen LogP contribution in [0.15, 0.2) is 0 Å². The van der Waals surface area contributed by atoms with Gasteiger partial charge in [0.15, 0.2) is 0 Å². The van der Waals surface area contributed by atoms with Crippen LogP contribution >= 0.6 is 7.14 Å². The minimum atomic E-state index is -1.76. The first-order valence-corrected chi connectivity index (χ1v) is 8.70. The van der Waals surface area contributed by atoms with Gasteiger partial charge in [-0.05, 0) is 19.5 Å². The lowest BCUT2D eigenvalue weighted by Crippen LogP contribution is -1.94. The molecule has 0 spiro atoms. The van der Waals surface area contributed by atoms with E-state index in [9.17, 15) is 4.57 Å². The molecule has 1 unspecified atom stereocenters. The maximum Gasteiger partial charge on any atom is 0.0848 e. The minimum absolute atomic E-state index is 0.970. The first-order valence-electron chi connectivity index (χ1n) is 6.18. The van der Waals surface area contributed by atoms with Gasteiger partial charge in [-0.15, -0.1) is 0 Å². The van der Waals surface area contributed by atoms with E-state index in [2.05, 4.69) is 13.8 Å². The van der Waals surface area contributed by atoms with Crippen molar-refractivity contribution in [2.45, 2.75) is 58.8 Å².